The molecular weight excluding hydrogens is 176 g/mol. The van der Waals surface area contributed by atoms with Crippen molar-refractivity contribution in [1.82, 2.24) is 15.4 Å². The summed E-state index contributed by atoms with van der Waals surface area (Å²) in [5.74, 6) is 0. The van der Waals surface area contributed by atoms with E-state index < -0.39 is 0 Å². The number of nitrogens with two attached hydrogens (primary N) is 1. The predicted molar refractivity (Wildman–Crippen MR) is 59.7 cm³/mol. The zero-order chi connectivity index (χ0) is 11.2. The van der Waals surface area contributed by atoms with Gasteiger partial charge in [0.05, 0.1) is 12.4 Å². The van der Waals surface area contributed by atoms with E-state index in [1.165, 1.54) is 5.57 Å². The fourth-order valence-electron chi connectivity index (χ4n) is 0.205. The minimum absolute atomic E-state index is 0.819. The van der Waals surface area contributed by atoms with Gasteiger partial charge < -0.3 is 5.73 Å². The highest BCUT2D eigenvalue weighted by Crippen LogP contribution is 1.73. The maximum absolute atomic E-state index is 5.03. The number of allylic oxidation sites excluding steroid dienone is 1. The average Bonchev–Trinajstić information content (AvgIpc) is 2.20. The van der Waals surface area contributed by atoms with Gasteiger partial charge in [-0.25, -0.2) is 0 Å². The smallest absolute Gasteiger partial charge is 0.0529 e. The van der Waals surface area contributed by atoms with Gasteiger partial charge in [-0.05, 0) is 38.1 Å². The Hall–Kier alpha value is -1.29. The molecule has 0 bridgehead atoms. The molecule has 0 aromatic carbocycles. The highest BCUT2D eigenvalue weighted by atomic mass is 15.3. The monoisotopic (exact) mass is 196 g/mol. The molecule has 0 spiro atoms. The fourth-order valence-corrected chi connectivity index (χ4v) is 0.205. The third-order valence-electron chi connectivity index (χ3n) is 0.697. The minimum atomic E-state index is 0.819. The summed E-state index contributed by atoms with van der Waals surface area (Å²) in [5, 5.41) is 10.1. The van der Waals surface area contributed by atoms with Crippen LogP contribution in [0.2, 0.25) is 0 Å². The van der Waals surface area contributed by atoms with Gasteiger partial charge in [0.25, 0.3) is 0 Å². The summed E-state index contributed by atoms with van der Waals surface area (Å²) < 4.78 is 0. The van der Waals surface area contributed by atoms with E-state index >= 15 is 0 Å². The molecule has 4 heteroatoms. The van der Waals surface area contributed by atoms with Crippen LogP contribution >= 0.6 is 0 Å². The third kappa shape index (κ3) is 31.0. The van der Waals surface area contributed by atoms with Crippen molar-refractivity contribution in [3.8, 4) is 0 Å². The van der Waals surface area contributed by atoms with Gasteiger partial charge >= 0.3 is 0 Å². The molecule has 1 rings (SSSR count). The lowest BCUT2D eigenvalue weighted by Crippen LogP contribution is -1.93. The highest BCUT2D eigenvalue weighted by Gasteiger charge is 1.60. The van der Waals surface area contributed by atoms with Crippen LogP contribution in [0.15, 0.2) is 30.6 Å². The summed E-state index contributed by atoms with van der Waals surface area (Å²) in [7, 11) is 0. The molecule has 0 saturated heterocycles. The van der Waals surface area contributed by atoms with Crippen LogP contribution in [0.5, 0.6) is 0 Å². The summed E-state index contributed by atoms with van der Waals surface area (Å²) in [4.78, 5) is 0. The summed E-state index contributed by atoms with van der Waals surface area (Å²) in [6, 6.07) is 1.72. The molecule has 80 valence electrons. The molecule has 14 heavy (non-hydrogen) atoms. The fraction of sp³-hybridized carbons (Fsp3) is 0.500. The van der Waals surface area contributed by atoms with Crippen LogP contribution in [-0.4, -0.2) is 22.0 Å². The zero-order valence-corrected chi connectivity index (χ0v) is 9.27. The van der Waals surface area contributed by atoms with E-state index in [-0.39, 0.29) is 0 Å². The summed E-state index contributed by atoms with van der Waals surface area (Å²) in [6.45, 7) is 10.4. The predicted octanol–water partition coefficient (Wildman–Crippen LogP) is 1.81. The van der Waals surface area contributed by atoms with Gasteiger partial charge in [0, 0.05) is 0 Å². The zero-order valence-electron chi connectivity index (χ0n) is 9.27. The van der Waals surface area contributed by atoms with Gasteiger partial charge in [0.15, 0.2) is 0 Å². The molecule has 0 aliphatic heterocycles. The number of aromatic nitrogens is 3. The van der Waals surface area contributed by atoms with Crippen molar-refractivity contribution >= 4 is 0 Å². The average molecular weight is 196 g/mol. The second kappa shape index (κ2) is 14.2. The molecule has 0 atom stereocenters. The lowest BCUT2D eigenvalue weighted by atomic mass is 10.4. The molecule has 1 aromatic heterocycles. The summed E-state index contributed by atoms with van der Waals surface area (Å²) >= 11 is 0. The van der Waals surface area contributed by atoms with E-state index in [9.17, 15) is 0 Å². The van der Waals surface area contributed by atoms with E-state index in [2.05, 4.69) is 28.9 Å². The van der Waals surface area contributed by atoms with Crippen LogP contribution in [-0.2, 0) is 0 Å². The Morgan fingerprint density at radius 1 is 1.29 bits per heavy atom. The van der Waals surface area contributed by atoms with Crippen molar-refractivity contribution in [2.24, 2.45) is 5.73 Å². The van der Waals surface area contributed by atoms with Crippen LogP contribution in [0.3, 0.4) is 0 Å². The van der Waals surface area contributed by atoms with Gasteiger partial charge in [-0.1, -0.05) is 12.5 Å². The van der Waals surface area contributed by atoms with E-state index in [0.717, 1.165) is 13.0 Å². The van der Waals surface area contributed by atoms with Crippen molar-refractivity contribution in [2.75, 3.05) is 6.54 Å². The first-order chi connectivity index (χ1) is 6.65. The SMILES string of the molecule is C=C(C)C.CCCN.c1cnnnc1. The Kier molecular flexibility index (Phi) is 15.5. The van der Waals surface area contributed by atoms with Crippen molar-refractivity contribution in [3.63, 3.8) is 0 Å². The van der Waals surface area contributed by atoms with E-state index in [1.807, 2.05) is 13.8 Å². The molecule has 1 heterocycles. The molecule has 0 saturated carbocycles. The normalized spacial score (nSPS) is 7.43. The van der Waals surface area contributed by atoms with Gasteiger partial charge in [-0.3, -0.25) is 0 Å². The number of rotatable bonds is 1. The van der Waals surface area contributed by atoms with Crippen LogP contribution in [0.4, 0.5) is 0 Å². The van der Waals surface area contributed by atoms with Crippen molar-refractivity contribution in [2.45, 2.75) is 27.2 Å². The molecule has 0 fully saturated rings. The first-order valence-electron chi connectivity index (χ1n) is 4.55. The summed E-state index contributed by atoms with van der Waals surface area (Å²) in [6.07, 6.45) is 4.25. The van der Waals surface area contributed by atoms with Crippen LogP contribution in [0.1, 0.15) is 27.2 Å². The number of hydrogen-bond acceptors (Lipinski definition) is 4. The lowest BCUT2D eigenvalue weighted by molar-refractivity contribution is 0.865. The topological polar surface area (TPSA) is 64.7 Å². The first kappa shape index (κ1) is 15.2. The van der Waals surface area contributed by atoms with Crippen molar-refractivity contribution < 1.29 is 0 Å². The standard InChI is InChI=1S/C4H8.C3H3N3.C3H9N/c1-4(2)3;1-2-4-6-5-3-1;1-2-3-4/h1H2,2-3H3;1-3H;2-4H2,1H3. The molecule has 0 aliphatic rings. The number of nitrogens with zero attached hydrogens (tertiary/aromatic N) is 3. The van der Waals surface area contributed by atoms with E-state index in [1.54, 1.807) is 18.5 Å². The minimum Gasteiger partial charge on any atom is -0.330 e. The Labute approximate surface area is 86.2 Å². The van der Waals surface area contributed by atoms with Gasteiger partial charge in [0.1, 0.15) is 0 Å². The molecule has 0 aliphatic carbocycles. The number of hydrogen-bond donors (Lipinski definition) is 1. The first-order valence-corrected chi connectivity index (χ1v) is 4.55. The molecule has 0 amide bonds. The maximum atomic E-state index is 5.03. The van der Waals surface area contributed by atoms with Crippen molar-refractivity contribution in [3.05, 3.63) is 30.6 Å². The second-order valence-corrected chi connectivity index (χ2v) is 2.81. The Morgan fingerprint density at radius 3 is 1.71 bits per heavy atom. The van der Waals surface area contributed by atoms with Crippen molar-refractivity contribution in [1.29, 1.82) is 0 Å². The molecular formula is C10H20N4. The molecule has 4 nitrogen and oxygen atoms in total. The Balaban J connectivity index is 0. The second-order valence-electron chi connectivity index (χ2n) is 2.81. The van der Waals surface area contributed by atoms with Gasteiger partial charge in [-0.15, -0.1) is 16.8 Å². The Morgan fingerprint density at radius 2 is 1.64 bits per heavy atom. The van der Waals surface area contributed by atoms with Crippen LogP contribution < -0.4 is 5.73 Å². The van der Waals surface area contributed by atoms with Gasteiger partial charge in [0.2, 0.25) is 0 Å². The van der Waals surface area contributed by atoms with Crippen LogP contribution in [0, 0.1) is 0 Å². The van der Waals surface area contributed by atoms with Gasteiger partial charge in [-0.2, -0.15) is 0 Å². The maximum Gasteiger partial charge on any atom is 0.0529 e. The van der Waals surface area contributed by atoms with E-state index in [0.29, 0.717) is 0 Å². The van der Waals surface area contributed by atoms with Crippen LogP contribution in [0.25, 0.3) is 0 Å². The molecule has 2 N–H and O–H groups in total. The molecule has 0 radical (unpaired) electrons. The molecule has 0 unspecified atom stereocenters. The molecule has 1 aromatic rings. The van der Waals surface area contributed by atoms with E-state index in [4.69, 9.17) is 5.73 Å². The largest absolute Gasteiger partial charge is 0.330 e. The third-order valence-corrected chi connectivity index (χ3v) is 0.697. The Bertz CT molecular complexity index is 166. The summed E-state index contributed by atoms with van der Waals surface area (Å²) in [5.41, 5.74) is 6.19. The quantitative estimate of drug-likeness (QED) is 0.696. The lowest BCUT2D eigenvalue weighted by Gasteiger charge is -1.70. The highest BCUT2D eigenvalue weighted by molar-refractivity contribution is 4.78.